The summed E-state index contributed by atoms with van der Waals surface area (Å²) in [6, 6.07) is 17.9. The number of hydrogen-bond donors (Lipinski definition) is 0. The number of likely N-dealkylation sites (tertiary alicyclic amines) is 1. The van der Waals surface area contributed by atoms with Gasteiger partial charge >= 0.3 is 0 Å². The minimum atomic E-state index is -0.267. The minimum Gasteiger partial charge on any atom is -0.347 e. The molecule has 1 aromatic heterocycles. The fraction of sp³-hybridized carbons (Fsp3) is 0.280. The monoisotopic (exact) mass is 404 g/mol. The average Bonchev–Trinajstić information content (AvgIpc) is 3.19. The lowest BCUT2D eigenvalue weighted by Gasteiger charge is -2.31. The molecule has 1 fully saturated rings. The van der Waals surface area contributed by atoms with Crippen molar-refractivity contribution < 1.29 is 14.0 Å². The van der Waals surface area contributed by atoms with Crippen molar-refractivity contribution >= 4 is 11.7 Å². The Kier molecular flexibility index (Phi) is 5.79. The van der Waals surface area contributed by atoms with Crippen LogP contribution in [-0.2, 0) is 18.3 Å². The Hall–Kier alpha value is -3.21. The molecular weight excluding hydrogens is 379 g/mol. The number of nitrogens with zero attached hydrogens (tertiary/aromatic N) is 2. The molecule has 0 aliphatic carbocycles. The minimum absolute atomic E-state index is 0.0194. The highest BCUT2D eigenvalue weighted by molar-refractivity contribution is 5.93. The van der Waals surface area contributed by atoms with Gasteiger partial charge in [0, 0.05) is 44.2 Å². The molecule has 1 amide bonds. The van der Waals surface area contributed by atoms with E-state index in [1.165, 1.54) is 6.07 Å². The first kappa shape index (κ1) is 20.1. The average molecular weight is 404 g/mol. The highest BCUT2D eigenvalue weighted by Gasteiger charge is 2.28. The number of benzene rings is 2. The van der Waals surface area contributed by atoms with Crippen LogP contribution in [0.15, 0.2) is 66.9 Å². The zero-order valence-electron chi connectivity index (χ0n) is 17.1. The summed E-state index contributed by atoms with van der Waals surface area (Å²) in [5, 5.41) is 0. The molecule has 0 unspecified atom stereocenters. The molecule has 4 nitrogen and oxygen atoms in total. The third-order valence-corrected chi connectivity index (χ3v) is 5.89. The van der Waals surface area contributed by atoms with Crippen LogP contribution in [0.5, 0.6) is 0 Å². The summed E-state index contributed by atoms with van der Waals surface area (Å²) in [4.78, 5) is 27.3. The molecule has 0 bridgehead atoms. The highest BCUT2D eigenvalue weighted by atomic mass is 19.1. The molecule has 1 aliphatic heterocycles. The Balaban J connectivity index is 1.38. The van der Waals surface area contributed by atoms with E-state index in [2.05, 4.69) is 0 Å². The third kappa shape index (κ3) is 4.20. The number of hydrogen-bond acceptors (Lipinski definition) is 2. The molecule has 3 aromatic rings. The van der Waals surface area contributed by atoms with Gasteiger partial charge in [0.25, 0.3) is 5.91 Å². The van der Waals surface area contributed by atoms with E-state index in [1.54, 1.807) is 18.2 Å². The fourth-order valence-corrected chi connectivity index (χ4v) is 4.14. The van der Waals surface area contributed by atoms with Gasteiger partial charge in [-0.05, 0) is 42.2 Å². The number of piperidine rings is 1. The Labute approximate surface area is 175 Å². The Bertz CT molecular complexity index is 1060. The molecule has 5 heteroatoms. The summed E-state index contributed by atoms with van der Waals surface area (Å²) >= 11 is 0. The summed E-state index contributed by atoms with van der Waals surface area (Å²) in [5.74, 6) is -0.103. The van der Waals surface area contributed by atoms with Crippen molar-refractivity contribution in [1.82, 2.24) is 9.47 Å². The van der Waals surface area contributed by atoms with Gasteiger partial charge in [-0.2, -0.15) is 0 Å². The van der Waals surface area contributed by atoms with Crippen LogP contribution in [0.2, 0.25) is 0 Å². The predicted molar refractivity (Wildman–Crippen MR) is 115 cm³/mol. The van der Waals surface area contributed by atoms with E-state index in [9.17, 15) is 14.0 Å². The summed E-state index contributed by atoms with van der Waals surface area (Å²) in [6.07, 6.45) is 3.56. The number of ketones is 1. The lowest BCUT2D eigenvalue weighted by molar-refractivity contribution is -0.123. The molecule has 0 spiro atoms. The van der Waals surface area contributed by atoms with Gasteiger partial charge in [-0.15, -0.1) is 0 Å². The normalized spacial score (nSPS) is 14.7. The van der Waals surface area contributed by atoms with Crippen LogP contribution in [0.3, 0.4) is 0 Å². The van der Waals surface area contributed by atoms with Gasteiger partial charge < -0.3 is 9.47 Å². The largest absolute Gasteiger partial charge is 0.347 e. The van der Waals surface area contributed by atoms with Crippen LogP contribution in [0.25, 0.3) is 11.1 Å². The van der Waals surface area contributed by atoms with Crippen LogP contribution in [0.1, 0.15) is 28.9 Å². The number of carbonyl (C=O) groups is 2. The fourth-order valence-electron chi connectivity index (χ4n) is 4.14. The second-order valence-corrected chi connectivity index (χ2v) is 7.89. The van der Waals surface area contributed by atoms with E-state index in [0.29, 0.717) is 43.6 Å². The zero-order chi connectivity index (χ0) is 21.1. The molecule has 0 saturated carbocycles. The lowest BCUT2D eigenvalue weighted by atomic mass is 9.88. The summed E-state index contributed by atoms with van der Waals surface area (Å²) in [5.41, 5.74) is 2.88. The van der Waals surface area contributed by atoms with Gasteiger partial charge in [0.05, 0.1) is 0 Å². The number of carbonyl (C=O) groups excluding carboxylic acids is 2. The van der Waals surface area contributed by atoms with Crippen LogP contribution >= 0.6 is 0 Å². The number of Topliss-reactive ketones (excluding diaryl/α,β-unsaturated/α-hetero) is 1. The van der Waals surface area contributed by atoms with Crippen molar-refractivity contribution in [2.45, 2.75) is 19.3 Å². The topological polar surface area (TPSA) is 42.3 Å². The van der Waals surface area contributed by atoms with E-state index in [-0.39, 0.29) is 23.4 Å². The maximum atomic E-state index is 14.1. The van der Waals surface area contributed by atoms with Gasteiger partial charge in [-0.1, -0.05) is 42.5 Å². The molecule has 0 atom stereocenters. The molecule has 0 radical (unpaired) electrons. The van der Waals surface area contributed by atoms with E-state index in [1.807, 2.05) is 59.1 Å². The maximum absolute atomic E-state index is 14.1. The van der Waals surface area contributed by atoms with Gasteiger partial charge in [-0.25, -0.2) is 4.39 Å². The van der Waals surface area contributed by atoms with E-state index < -0.39 is 0 Å². The van der Waals surface area contributed by atoms with Crippen LogP contribution in [0.4, 0.5) is 4.39 Å². The predicted octanol–water partition coefficient (Wildman–Crippen LogP) is 4.50. The molecule has 154 valence electrons. The SMILES string of the molecule is Cn1cccc1C(=O)N1CCC(C(=O)Cc2cccc(-c3ccccc3F)c2)CC1. The lowest BCUT2D eigenvalue weighted by Crippen LogP contribution is -2.41. The number of rotatable bonds is 5. The van der Waals surface area contributed by atoms with Crippen LogP contribution in [-0.4, -0.2) is 34.2 Å². The molecule has 2 aromatic carbocycles. The van der Waals surface area contributed by atoms with Crippen molar-refractivity contribution in [2.24, 2.45) is 13.0 Å². The van der Waals surface area contributed by atoms with Crippen molar-refractivity contribution in [3.63, 3.8) is 0 Å². The summed E-state index contributed by atoms with van der Waals surface area (Å²) in [7, 11) is 1.86. The molecule has 1 aliphatic rings. The molecule has 30 heavy (non-hydrogen) atoms. The smallest absolute Gasteiger partial charge is 0.270 e. The van der Waals surface area contributed by atoms with Gasteiger partial charge in [0.1, 0.15) is 17.3 Å². The number of aryl methyl sites for hydroxylation is 1. The van der Waals surface area contributed by atoms with Crippen LogP contribution < -0.4 is 0 Å². The standard InChI is InChI=1S/C25H25FN2O2/c1-27-13-5-10-23(27)25(30)28-14-11-19(12-15-28)24(29)17-18-6-4-7-20(16-18)21-8-2-3-9-22(21)26/h2-10,13,16,19H,11-12,14-15,17H2,1H3. The highest BCUT2D eigenvalue weighted by Crippen LogP contribution is 2.25. The zero-order valence-corrected chi connectivity index (χ0v) is 17.1. The Morgan fingerprint density at radius 2 is 1.77 bits per heavy atom. The number of halogens is 1. The third-order valence-electron chi connectivity index (χ3n) is 5.89. The van der Waals surface area contributed by atoms with Crippen molar-refractivity contribution in [1.29, 1.82) is 0 Å². The molecule has 0 N–H and O–H groups in total. The van der Waals surface area contributed by atoms with Gasteiger partial charge in [0.15, 0.2) is 0 Å². The quantitative estimate of drug-likeness (QED) is 0.629. The summed E-state index contributed by atoms with van der Waals surface area (Å²) < 4.78 is 15.9. The van der Waals surface area contributed by atoms with E-state index in [0.717, 1.165) is 11.1 Å². The second kappa shape index (κ2) is 8.66. The van der Waals surface area contributed by atoms with Crippen molar-refractivity contribution in [3.8, 4) is 11.1 Å². The molecule has 2 heterocycles. The molecular formula is C25H25FN2O2. The summed E-state index contributed by atoms with van der Waals surface area (Å²) in [6.45, 7) is 1.19. The van der Waals surface area contributed by atoms with Crippen LogP contribution in [0, 0.1) is 11.7 Å². The first-order valence-electron chi connectivity index (χ1n) is 10.3. The van der Waals surface area contributed by atoms with Gasteiger partial charge in [0.2, 0.25) is 0 Å². The van der Waals surface area contributed by atoms with E-state index in [4.69, 9.17) is 0 Å². The Morgan fingerprint density at radius 3 is 2.47 bits per heavy atom. The first-order chi connectivity index (χ1) is 14.5. The maximum Gasteiger partial charge on any atom is 0.270 e. The first-order valence-corrected chi connectivity index (χ1v) is 10.3. The Morgan fingerprint density at radius 1 is 1.00 bits per heavy atom. The van der Waals surface area contributed by atoms with Crippen molar-refractivity contribution in [2.75, 3.05) is 13.1 Å². The number of amides is 1. The second-order valence-electron chi connectivity index (χ2n) is 7.89. The van der Waals surface area contributed by atoms with Gasteiger partial charge in [-0.3, -0.25) is 9.59 Å². The van der Waals surface area contributed by atoms with Crippen molar-refractivity contribution in [3.05, 3.63) is 83.9 Å². The molecule has 4 rings (SSSR count). The molecule has 1 saturated heterocycles. The van der Waals surface area contributed by atoms with E-state index >= 15 is 0 Å². The number of aromatic nitrogens is 1.